The summed E-state index contributed by atoms with van der Waals surface area (Å²) in [5.74, 6) is 0.715. The van der Waals surface area contributed by atoms with Crippen molar-refractivity contribution < 1.29 is 0 Å². The number of aryl methyl sites for hydroxylation is 1. The van der Waals surface area contributed by atoms with E-state index < -0.39 is 0 Å². The Hall–Kier alpha value is -0.660. The van der Waals surface area contributed by atoms with Crippen molar-refractivity contribution in [2.24, 2.45) is 0 Å². The summed E-state index contributed by atoms with van der Waals surface area (Å²) < 4.78 is 0. The highest BCUT2D eigenvalue weighted by Crippen LogP contribution is 2.12. The molecule has 0 saturated carbocycles. The second-order valence-electron chi connectivity index (χ2n) is 3.24. The third-order valence-electron chi connectivity index (χ3n) is 2.04. The van der Waals surface area contributed by atoms with Gasteiger partial charge in [-0.1, -0.05) is 29.8 Å². The molecule has 1 rings (SSSR count). The zero-order valence-electron chi connectivity index (χ0n) is 8.55. The first-order valence-corrected chi connectivity index (χ1v) is 5.98. The Morgan fingerprint density at radius 1 is 1.33 bits per heavy atom. The van der Waals surface area contributed by atoms with E-state index in [0.717, 1.165) is 25.1 Å². The Bertz CT molecular complexity index is 310. The second kappa shape index (κ2) is 7.61. The maximum absolute atomic E-state index is 5.65. The fourth-order valence-electron chi connectivity index (χ4n) is 1.33. The maximum Gasteiger partial charge on any atom is 0.0345 e. The molecule has 0 heterocycles. The third-order valence-corrected chi connectivity index (χ3v) is 2.48. The number of rotatable bonds is 6. The number of hydrogen-bond donors (Lipinski definition) is 1. The molecule has 0 aromatic heterocycles. The first-order valence-electron chi connectivity index (χ1n) is 5.01. The Morgan fingerprint density at radius 2 is 2.20 bits per heavy atom. The van der Waals surface area contributed by atoms with Gasteiger partial charge in [0.15, 0.2) is 0 Å². The molecule has 3 heteroatoms. The molecule has 0 radical (unpaired) electrons. The number of hydrogen-bond acceptors (Lipinski definition) is 1. The van der Waals surface area contributed by atoms with Gasteiger partial charge in [0.1, 0.15) is 0 Å². The van der Waals surface area contributed by atoms with Crippen molar-refractivity contribution in [2.75, 3.05) is 17.7 Å². The largest absolute Gasteiger partial charge is 0.382 e. The van der Waals surface area contributed by atoms with Crippen LogP contribution in [0.15, 0.2) is 35.9 Å². The van der Waals surface area contributed by atoms with E-state index in [1.807, 2.05) is 12.1 Å². The Balaban J connectivity index is 2.49. The van der Waals surface area contributed by atoms with Crippen LogP contribution in [0.1, 0.15) is 12.0 Å². The lowest BCUT2D eigenvalue weighted by atomic mass is 10.1. The fourth-order valence-corrected chi connectivity index (χ4v) is 1.55. The van der Waals surface area contributed by atoms with Crippen LogP contribution in [0.4, 0.5) is 5.69 Å². The summed E-state index contributed by atoms with van der Waals surface area (Å²) in [5, 5.41) is 3.26. The van der Waals surface area contributed by atoms with E-state index in [0.29, 0.717) is 5.88 Å². The maximum atomic E-state index is 5.65. The molecule has 0 spiro atoms. The van der Waals surface area contributed by atoms with Crippen molar-refractivity contribution in [1.82, 2.24) is 0 Å². The fraction of sp³-hybridized carbons (Fsp3) is 0.333. The molecule has 0 aliphatic rings. The number of nitrogens with one attached hydrogen (secondary N) is 1. The van der Waals surface area contributed by atoms with Crippen LogP contribution in [0.25, 0.3) is 0 Å². The minimum absolute atomic E-state index is 0.715. The lowest BCUT2D eigenvalue weighted by molar-refractivity contribution is 0.929. The molecule has 0 amide bonds. The number of alkyl halides is 1. The summed E-state index contributed by atoms with van der Waals surface area (Å²) >= 11 is 11.1. The van der Waals surface area contributed by atoms with Gasteiger partial charge in [-0.25, -0.2) is 0 Å². The van der Waals surface area contributed by atoms with Gasteiger partial charge in [-0.15, -0.1) is 11.6 Å². The van der Waals surface area contributed by atoms with Crippen molar-refractivity contribution in [3.8, 4) is 0 Å². The van der Waals surface area contributed by atoms with Gasteiger partial charge in [0.05, 0.1) is 0 Å². The molecule has 0 saturated heterocycles. The summed E-state index contributed by atoms with van der Waals surface area (Å²) in [6.07, 6.45) is 3.92. The van der Waals surface area contributed by atoms with Crippen molar-refractivity contribution in [1.29, 1.82) is 0 Å². The molecule has 1 aromatic carbocycles. The van der Waals surface area contributed by atoms with Gasteiger partial charge in [0.25, 0.3) is 0 Å². The van der Waals surface area contributed by atoms with E-state index >= 15 is 0 Å². The van der Waals surface area contributed by atoms with Crippen molar-refractivity contribution in [3.05, 3.63) is 41.4 Å². The molecular weight excluding hydrogens is 229 g/mol. The lowest BCUT2D eigenvalue weighted by Crippen LogP contribution is -1.98. The third kappa shape index (κ3) is 5.10. The van der Waals surface area contributed by atoms with Crippen LogP contribution in [0.2, 0.25) is 0 Å². The molecule has 0 aliphatic heterocycles. The standard InChI is InChI=1S/C12H15Cl2N/c13-7-2-5-11-4-1-6-12(10-11)15-9-3-8-14/h1,3-4,6,8,10,15H,2,5,7,9H2/b8-3+. The van der Waals surface area contributed by atoms with E-state index in [-0.39, 0.29) is 0 Å². The Morgan fingerprint density at radius 3 is 2.93 bits per heavy atom. The zero-order valence-corrected chi connectivity index (χ0v) is 10.1. The summed E-state index contributed by atoms with van der Waals surface area (Å²) in [6.45, 7) is 0.752. The smallest absolute Gasteiger partial charge is 0.0345 e. The topological polar surface area (TPSA) is 12.0 Å². The van der Waals surface area contributed by atoms with E-state index in [4.69, 9.17) is 23.2 Å². The monoisotopic (exact) mass is 243 g/mol. The van der Waals surface area contributed by atoms with E-state index in [9.17, 15) is 0 Å². The minimum Gasteiger partial charge on any atom is -0.382 e. The van der Waals surface area contributed by atoms with Crippen LogP contribution in [-0.4, -0.2) is 12.4 Å². The van der Waals surface area contributed by atoms with Gasteiger partial charge >= 0.3 is 0 Å². The molecule has 0 fully saturated rings. The van der Waals surface area contributed by atoms with Gasteiger partial charge in [-0.05, 0) is 30.5 Å². The van der Waals surface area contributed by atoms with Crippen LogP contribution in [-0.2, 0) is 6.42 Å². The zero-order chi connectivity index (χ0) is 10.9. The van der Waals surface area contributed by atoms with Crippen LogP contribution in [0.5, 0.6) is 0 Å². The minimum atomic E-state index is 0.715. The summed E-state index contributed by atoms with van der Waals surface area (Å²) in [4.78, 5) is 0. The SMILES string of the molecule is Cl/C=C/CNc1cccc(CCCCl)c1. The average molecular weight is 244 g/mol. The quantitative estimate of drug-likeness (QED) is 0.745. The molecule has 0 bridgehead atoms. The van der Waals surface area contributed by atoms with Crippen molar-refractivity contribution in [2.45, 2.75) is 12.8 Å². The molecule has 15 heavy (non-hydrogen) atoms. The van der Waals surface area contributed by atoms with Crippen LogP contribution in [0.3, 0.4) is 0 Å². The highest BCUT2D eigenvalue weighted by atomic mass is 35.5. The van der Waals surface area contributed by atoms with Gasteiger partial charge in [0, 0.05) is 23.6 Å². The van der Waals surface area contributed by atoms with Gasteiger partial charge in [0.2, 0.25) is 0 Å². The first-order chi connectivity index (χ1) is 7.36. The molecule has 1 N–H and O–H groups in total. The van der Waals surface area contributed by atoms with Gasteiger partial charge in [-0.3, -0.25) is 0 Å². The summed E-state index contributed by atoms with van der Waals surface area (Å²) in [5.41, 5.74) is 3.96. The van der Waals surface area contributed by atoms with Crippen molar-refractivity contribution in [3.63, 3.8) is 0 Å². The first kappa shape index (κ1) is 12.4. The summed E-state index contributed by atoms with van der Waals surface area (Å²) in [6, 6.07) is 8.37. The van der Waals surface area contributed by atoms with E-state index in [2.05, 4.69) is 23.5 Å². The van der Waals surface area contributed by atoms with Gasteiger partial charge in [-0.2, -0.15) is 0 Å². The highest BCUT2D eigenvalue weighted by molar-refractivity contribution is 6.25. The lowest BCUT2D eigenvalue weighted by Gasteiger charge is -2.05. The molecule has 0 aliphatic carbocycles. The summed E-state index contributed by atoms with van der Waals surface area (Å²) in [7, 11) is 0. The average Bonchev–Trinajstić information content (AvgIpc) is 2.27. The molecule has 0 atom stereocenters. The number of anilines is 1. The normalized spacial score (nSPS) is 10.8. The number of benzene rings is 1. The molecule has 82 valence electrons. The van der Waals surface area contributed by atoms with Crippen molar-refractivity contribution >= 4 is 28.9 Å². The Kier molecular flexibility index (Phi) is 6.29. The number of halogens is 2. The molecule has 0 unspecified atom stereocenters. The second-order valence-corrected chi connectivity index (χ2v) is 3.87. The molecule has 1 nitrogen and oxygen atoms in total. The predicted octanol–water partition coefficient (Wildman–Crippen LogP) is 4.02. The van der Waals surface area contributed by atoms with E-state index in [1.54, 1.807) is 0 Å². The van der Waals surface area contributed by atoms with E-state index in [1.165, 1.54) is 11.1 Å². The van der Waals surface area contributed by atoms with Crippen LogP contribution in [0, 0.1) is 0 Å². The Labute approximate surface area is 101 Å². The van der Waals surface area contributed by atoms with Gasteiger partial charge < -0.3 is 5.32 Å². The van der Waals surface area contributed by atoms with Crippen LogP contribution < -0.4 is 5.32 Å². The highest BCUT2D eigenvalue weighted by Gasteiger charge is 1.94. The van der Waals surface area contributed by atoms with Crippen LogP contribution >= 0.6 is 23.2 Å². The molecule has 1 aromatic rings. The predicted molar refractivity (Wildman–Crippen MR) is 69.0 cm³/mol. The molecular formula is C12H15Cl2N.